The van der Waals surface area contributed by atoms with Crippen LogP contribution in [0.5, 0.6) is 5.75 Å². The molecule has 1 unspecified atom stereocenters. The minimum atomic E-state index is -1.35. The number of rotatable bonds is 3. The van der Waals surface area contributed by atoms with E-state index in [2.05, 4.69) is 15.9 Å². The maximum Gasteiger partial charge on any atom is 0.146 e. The summed E-state index contributed by atoms with van der Waals surface area (Å²) in [5.41, 5.74) is -0.367. The lowest BCUT2D eigenvalue weighted by Crippen LogP contribution is -2.04. The number of ether oxygens (including phenoxy) is 1. The van der Waals surface area contributed by atoms with E-state index >= 15 is 0 Å². The standard InChI is InChI=1S/C12H9BrF2O2S/c1-17-6-4-9(18-5-6)12(16)10-8(14)3-2-7(13)11(10)15/h2-5,12,16H,1H3. The molecule has 0 radical (unpaired) electrons. The Morgan fingerprint density at radius 1 is 1.39 bits per heavy atom. The predicted octanol–water partition coefficient (Wildman–Crippen LogP) is 3.88. The third-order valence-corrected chi connectivity index (χ3v) is 4.03. The Morgan fingerprint density at radius 3 is 2.72 bits per heavy atom. The summed E-state index contributed by atoms with van der Waals surface area (Å²) in [7, 11) is 1.48. The Hall–Kier alpha value is -0.980. The fourth-order valence-corrected chi connectivity index (χ4v) is 2.71. The maximum absolute atomic E-state index is 13.8. The molecular weight excluding hydrogens is 326 g/mol. The monoisotopic (exact) mass is 334 g/mol. The van der Waals surface area contributed by atoms with Gasteiger partial charge in [0, 0.05) is 10.3 Å². The molecule has 0 amide bonds. The highest BCUT2D eigenvalue weighted by Crippen LogP contribution is 2.35. The number of benzene rings is 1. The number of thiophene rings is 1. The highest BCUT2D eigenvalue weighted by molar-refractivity contribution is 9.10. The SMILES string of the molecule is COc1csc(C(O)c2c(F)ccc(Br)c2F)c1. The summed E-state index contributed by atoms with van der Waals surface area (Å²) < 4.78 is 32.5. The lowest BCUT2D eigenvalue weighted by atomic mass is 10.1. The van der Waals surface area contributed by atoms with E-state index in [1.165, 1.54) is 24.5 Å². The molecule has 1 heterocycles. The number of aliphatic hydroxyl groups is 1. The molecule has 2 rings (SSSR count). The Bertz CT molecular complexity index is 571. The van der Waals surface area contributed by atoms with Crippen molar-refractivity contribution in [3.05, 3.63) is 50.1 Å². The molecule has 1 N–H and O–H groups in total. The van der Waals surface area contributed by atoms with E-state index in [0.29, 0.717) is 10.6 Å². The second-order valence-corrected chi connectivity index (χ2v) is 5.35. The smallest absolute Gasteiger partial charge is 0.146 e. The van der Waals surface area contributed by atoms with Crippen molar-refractivity contribution in [3.8, 4) is 5.75 Å². The normalized spacial score (nSPS) is 12.5. The van der Waals surface area contributed by atoms with Crippen molar-refractivity contribution in [2.45, 2.75) is 6.10 Å². The van der Waals surface area contributed by atoms with Crippen molar-refractivity contribution in [2.75, 3.05) is 7.11 Å². The molecule has 6 heteroatoms. The Balaban J connectivity index is 2.45. The van der Waals surface area contributed by atoms with Gasteiger partial charge in [-0.15, -0.1) is 11.3 Å². The van der Waals surface area contributed by atoms with Crippen LogP contribution in [0.1, 0.15) is 16.5 Å². The minimum Gasteiger partial charge on any atom is -0.496 e. The van der Waals surface area contributed by atoms with Crippen LogP contribution in [-0.2, 0) is 0 Å². The Kier molecular flexibility index (Phi) is 3.99. The summed E-state index contributed by atoms with van der Waals surface area (Å²) in [6, 6.07) is 3.92. The van der Waals surface area contributed by atoms with E-state index in [1.54, 1.807) is 11.4 Å². The first-order valence-corrected chi connectivity index (χ1v) is 6.65. The lowest BCUT2D eigenvalue weighted by Gasteiger charge is -2.12. The van der Waals surface area contributed by atoms with E-state index in [4.69, 9.17) is 4.74 Å². The Morgan fingerprint density at radius 2 is 2.11 bits per heavy atom. The second kappa shape index (κ2) is 5.34. The van der Waals surface area contributed by atoms with Crippen molar-refractivity contribution < 1.29 is 18.6 Å². The minimum absolute atomic E-state index is 0.112. The molecule has 0 bridgehead atoms. The van der Waals surface area contributed by atoms with Crippen molar-refractivity contribution in [3.63, 3.8) is 0 Å². The average molecular weight is 335 g/mol. The molecule has 2 nitrogen and oxygen atoms in total. The summed E-state index contributed by atoms with van der Waals surface area (Å²) >= 11 is 4.14. The van der Waals surface area contributed by atoms with Gasteiger partial charge in [0.1, 0.15) is 23.5 Å². The molecule has 1 aromatic carbocycles. The zero-order valence-corrected chi connectivity index (χ0v) is 11.7. The van der Waals surface area contributed by atoms with Crippen LogP contribution in [0.25, 0.3) is 0 Å². The van der Waals surface area contributed by atoms with Gasteiger partial charge in [0.2, 0.25) is 0 Å². The van der Waals surface area contributed by atoms with Crippen LogP contribution in [0.15, 0.2) is 28.1 Å². The number of hydrogen-bond donors (Lipinski definition) is 1. The molecule has 0 aliphatic rings. The highest BCUT2D eigenvalue weighted by Gasteiger charge is 2.23. The maximum atomic E-state index is 13.8. The largest absolute Gasteiger partial charge is 0.496 e. The molecule has 96 valence electrons. The van der Waals surface area contributed by atoms with Crippen molar-refractivity contribution in [1.82, 2.24) is 0 Å². The van der Waals surface area contributed by atoms with Crippen LogP contribution in [0.3, 0.4) is 0 Å². The van der Waals surface area contributed by atoms with Crippen molar-refractivity contribution in [2.24, 2.45) is 0 Å². The molecule has 0 spiro atoms. The van der Waals surface area contributed by atoms with E-state index in [-0.39, 0.29) is 10.0 Å². The molecule has 0 aliphatic carbocycles. The van der Waals surface area contributed by atoms with Crippen molar-refractivity contribution in [1.29, 1.82) is 0 Å². The summed E-state index contributed by atoms with van der Waals surface area (Å²) in [5.74, 6) is -1.03. The third-order valence-electron chi connectivity index (χ3n) is 2.45. The first-order valence-electron chi connectivity index (χ1n) is 4.98. The average Bonchev–Trinajstić information content (AvgIpc) is 2.83. The molecule has 18 heavy (non-hydrogen) atoms. The van der Waals surface area contributed by atoms with Gasteiger partial charge in [-0.1, -0.05) is 0 Å². The van der Waals surface area contributed by atoms with E-state index in [1.807, 2.05) is 0 Å². The first kappa shape index (κ1) is 13.5. The number of halogens is 3. The molecule has 0 saturated carbocycles. The number of aliphatic hydroxyl groups excluding tert-OH is 1. The summed E-state index contributed by atoms with van der Waals surface area (Å²) in [4.78, 5) is 0.419. The van der Waals surface area contributed by atoms with Crippen LogP contribution >= 0.6 is 27.3 Å². The molecule has 1 atom stereocenters. The second-order valence-electron chi connectivity index (χ2n) is 3.55. The third kappa shape index (κ3) is 2.41. The number of methoxy groups -OCH3 is 1. The molecular formula is C12H9BrF2O2S. The topological polar surface area (TPSA) is 29.5 Å². The van der Waals surface area contributed by atoms with Crippen LogP contribution < -0.4 is 4.74 Å². The van der Waals surface area contributed by atoms with Gasteiger partial charge in [-0.25, -0.2) is 8.78 Å². The van der Waals surface area contributed by atoms with Crippen LogP contribution in [0.4, 0.5) is 8.78 Å². The lowest BCUT2D eigenvalue weighted by molar-refractivity contribution is 0.212. The highest BCUT2D eigenvalue weighted by atomic mass is 79.9. The summed E-state index contributed by atoms with van der Waals surface area (Å²) in [6.45, 7) is 0. The van der Waals surface area contributed by atoms with Crippen molar-refractivity contribution >= 4 is 27.3 Å². The van der Waals surface area contributed by atoms with Gasteiger partial charge in [0.25, 0.3) is 0 Å². The van der Waals surface area contributed by atoms with Gasteiger partial charge < -0.3 is 9.84 Å². The summed E-state index contributed by atoms with van der Waals surface area (Å²) in [6.07, 6.45) is -1.35. The fraction of sp³-hybridized carbons (Fsp3) is 0.167. The first-order chi connectivity index (χ1) is 8.54. The van der Waals surface area contributed by atoms with Crippen LogP contribution in [-0.4, -0.2) is 12.2 Å². The predicted molar refractivity (Wildman–Crippen MR) is 69.0 cm³/mol. The van der Waals surface area contributed by atoms with Crippen LogP contribution in [0, 0.1) is 11.6 Å². The molecule has 2 aromatic rings. The zero-order valence-electron chi connectivity index (χ0n) is 9.28. The van der Waals surface area contributed by atoms with Gasteiger partial charge in [0.15, 0.2) is 0 Å². The van der Waals surface area contributed by atoms with Gasteiger partial charge >= 0.3 is 0 Å². The van der Waals surface area contributed by atoms with E-state index < -0.39 is 17.7 Å². The quantitative estimate of drug-likeness (QED) is 0.863. The fourth-order valence-electron chi connectivity index (χ4n) is 1.52. The molecule has 0 fully saturated rings. The van der Waals surface area contributed by atoms with Gasteiger partial charge in [-0.3, -0.25) is 0 Å². The zero-order chi connectivity index (χ0) is 13.3. The van der Waals surface area contributed by atoms with E-state index in [9.17, 15) is 13.9 Å². The number of hydrogen-bond acceptors (Lipinski definition) is 3. The Labute approximate surface area is 115 Å². The molecule has 1 aromatic heterocycles. The summed E-state index contributed by atoms with van der Waals surface area (Å²) in [5, 5.41) is 11.7. The van der Waals surface area contributed by atoms with Gasteiger partial charge in [0.05, 0.1) is 17.1 Å². The molecule has 0 aliphatic heterocycles. The van der Waals surface area contributed by atoms with E-state index in [0.717, 1.165) is 6.07 Å². The van der Waals surface area contributed by atoms with Gasteiger partial charge in [-0.05, 0) is 34.1 Å². The van der Waals surface area contributed by atoms with Crippen LogP contribution in [0.2, 0.25) is 0 Å². The molecule has 0 saturated heterocycles. The van der Waals surface area contributed by atoms with Gasteiger partial charge in [-0.2, -0.15) is 0 Å².